The Bertz CT molecular complexity index is 900. The molecule has 0 radical (unpaired) electrons. The van der Waals surface area contributed by atoms with Crippen molar-refractivity contribution in [3.63, 3.8) is 0 Å². The fourth-order valence-electron chi connectivity index (χ4n) is 2.83. The molecule has 0 unspecified atom stereocenters. The molecule has 0 aliphatic carbocycles. The molecule has 2 aromatic heterocycles. The quantitative estimate of drug-likeness (QED) is 0.669. The van der Waals surface area contributed by atoms with Gasteiger partial charge in [0.15, 0.2) is 0 Å². The smallest absolute Gasteiger partial charge is 0.369 e. The number of rotatable bonds is 2. The molecule has 0 amide bonds. The molecular weight excluding hydrogens is 359 g/mol. The number of hydrogen-bond acceptors (Lipinski definition) is 3. The van der Waals surface area contributed by atoms with Gasteiger partial charge in [-0.2, -0.15) is 29.6 Å². The molecule has 124 valence electrons. The third-order valence-electron chi connectivity index (χ3n) is 3.95. The lowest BCUT2D eigenvalue weighted by molar-refractivity contribution is -0.137. The Kier molecular flexibility index (Phi) is 3.58. The van der Waals surface area contributed by atoms with Crippen LogP contribution in [0.2, 0.25) is 5.02 Å². The Hall–Kier alpha value is -1.99. The number of thiophene rings is 1. The number of benzene rings is 1. The van der Waals surface area contributed by atoms with E-state index < -0.39 is 11.7 Å². The number of fused-ring (bicyclic) bond motifs is 1. The SMILES string of the molecule is FC(F)(F)c1ccc(Cl)c(-n2nc(-c3ccsc3)c3c2NCC3)c1. The van der Waals surface area contributed by atoms with Gasteiger partial charge < -0.3 is 5.32 Å². The predicted octanol–water partition coefficient (Wildman–Crippen LogP) is 5.24. The summed E-state index contributed by atoms with van der Waals surface area (Å²) < 4.78 is 40.6. The Morgan fingerprint density at radius 1 is 1.25 bits per heavy atom. The van der Waals surface area contributed by atoms with Crippen LogP contribution in [0.1, 0.15) is 11.1 Å². The first kappa shape index (κ1) is 15.5. The van der Waals surface area contributed by atoms with Crippen LogP contribution >= 0.6 is 22.9 Å². The van der Waals surface area contributed by atoms with Crippen LogP contribution in [-0.2, 0) is 12.6 Å². The molecule has 0 spiro atoms. The number of alkyl halides is 3. The molecule has 1 aliphatic rings. The fraction of sp³-hybridized carbons (Fsp3) is 0.188. The molecule has 4 rings (SSSR count). The summed E-state index contributed by atoms with van der Waals surface area (Å²) in [5.74, 6) is 0.706. The van der Waals surface area contributed by atoms with Gasteiger partial charge in [-0.25, -0.2) is 4.68 Å². The number of nitrogens with one attached hydrogen (secondary N) is 1. The lowest BCUT2D eigenvalue weighted by Crippen LogP contribution is -2.09. The highest BCUT2D eigenvalue weighted by atomic mass is 35.5. The average molecular weight is 370 g/mol. The number of halogens is 4. The normalized spacial score (nSPS) is 13.8. The van der Waals surface area contributed by atoms with Crippen molar-refractivity contribution in [3.05, 3.63) is 51.2 Å². The maximum absolute atomic E-state index is 13.0. The number of hydrogen-bond donors (Lipinski definition) is 1. The van der Waals surface area contributed by atoms with Gasteiger partial charge in [0.25, 0.3) is 0 Å². The van der Waals surface area contributed by atoms with Crippen molar-refractivity contribution >= 4 is 28.8 Å². The zero-order chi connectivity index (χ0) is 16.9. The molecule has 24 heavy (non-hydrogen) atoms. The van der Waals surface area contributed by atoms with Crippen molar-refractivity contribution in [2.24, 2.45) is 0 Å². The average Bonchev–Trinajstić information content (AvgIpc) is 3.24. The second kappa shape index (κ2) is 5.53. The molecule has 0 atom stereocenters. The first-order valence-corrected chi connectivity index (χ1v) is 8.52. The minimum Gasteiger partial charge on any atom is -0.369 e. The van der Waals surface area contributed by atoms with Gasteiger partial charge in [-0.05, 0) is 36.1 Å². The lowest BCUT2D eigenvalue weighted by atomic mass is 10.1. The van der Waals surface area contributed by atoms with Gasteiger partial charge in [-0.15, -0.1) is 0 Å². The Morgan fingerprint density at radius 2 is 2.08 bits per heavy atom. The standard InChI is InChI=1S/C16H11ClF3N3S/c17-12-2-1-10(16(18,19)20)7-13(12)23-15-11(3-5-21-15)14(22-23)9-4-6-24-8-9/h1-2,4,6-8,21H,3,5H2. The van der Waals surface area contributed by atoms with Crippen molar-refractivity contribution in [3.8, 4) is 16.9 Å². The molecule has 1 N–H and O–H groups in total. The maximum Gasteiger partial charge on any atom is 0.416 e. The summed E-state index contributed by atoms with van der Waals surface area (Å²) in [7, 11) is 0. The second-order valence-corrected chi connectivity index (χ2v) is 6.63. The van der Waals surface area contributed by atoms with Crippen molar-refractivity contribution in [2.75, 3.05) is 11.9 Å². The second-order valence-electron chi connectivity index (χ2n) is 5.44. The topological polar surface area (TPSA) is 29.9 Å². The number of aromatic nitrogens is 2. The van der Waals surface area contributed by atoms with E-state index in [1.807, 2.05) is 16.8 Å². The summed E-state index contributed by atoms with van der Waals surface area (Å²) in [4.78, 5) is 0. The molecule has 0 saturated heterocycles. The monoisotopic (exact) mass is 369 g/mol. The van der Waals surface area contributed by atoms with Crippen LogP contribution in [0.3, 0.4) is 0 Å². The van der Waals surface area contributed by atoms with E-state index in [9.17, 15) is 13.2 Å². The third-order valence-corrected chi connectivity index (χ3v) is 4.95. The summed E-state index contributed by atoms with van der Waals surface area (Å²) in [6, 6.07) is 5.21. The van der Waals surface area contributed by atoms with Crippen molar-refractivity contribution in [1.82, 2.24) is 9.78 Å². The highest BCUT2D eigenvalue weighted by molar-refractivity contribution is 7.08. The Balaban J connectivity index is 1.91. The minimum absolute atomic E-state index is 0.221. The van der Waals surface area contributed by atoms with Crippen molar-refractivity contribution in [2.45, 2.75) is 12.6 Å². The molecule has 0 fully saturated rings. The maximum atomic E-state index is 13.0. The summed E-state index contributed by atoms with van der Waals surface area (Å²) in [5, 5.41) is 11.9. The van der Waals surface area contributed by atoms with E-state index in [-0.39, 0.29) is 10.7 Å². The molecule has 8 heteroatoms. The molecule has 3 heterocycles. The molecule has 1 aromatic carbocycles. The van der Waals surface area contributed by atoms with Crippen LogP contribution in [0.5, 0.6) is 0 Å². The lowest BCUT2D eigenvalue weighted by Gasteiger charge is -2.12. The first-order valence-electron chi connectivity index (χ1n) is 7.20. The fourth-order valence-corrected chi connectivity index (χ4v) is 3.67. The van der Waals surface area contributed by atoms with E-state index in [4.69, 9.17) is 11.6 Å². The molecule has 1 aliphatic heterocycles. The van der Waals surface area contributed by atoms with Gasteiger partial charge in [0.2, 0.25) is 0 Å². The summed E-state index contributed by atoms with van der Waals surface area (Å²) in [5.41, 5.74) is 2.22. The van der Waals surface area contributed by atoms with Crippen LogP contribution in [0.25, 0.3) is 16.9 Å². The van der Waals surface area contributed by atoms with Crippen LogP contribution in [0.4, 0.5) is 19.0 Å². The van der Waals surface area contributed by atoms with E-state index in [2.05, 4.69) is 10.4 Å². The van der Waals surface area contributed by atoms with E-state index in [0.29, 0.717) is 5.82 Å². The molecule has 0 bridgehead atoms. The number of anilines is 1. The number of nitrogens with zero attached hydrogens (tertiary/aromatic N) is 2. The summed E-state index contributed by atoms with van der Waals surface area (Å²) >= 11 is 7.71. The zero-order valence-corrected chi connectivity index (χ0v) is 13.8. The molecular formula is C16H11ClF3N3S. The minimum atomic E-state index is -4.43. The predicted molar refractivity (Wildman–Crippen MR) is 89.1 cm³/mol. The van der Waals surface area contributed by atoms with Gasteiger partial charge in [-0.3, -0.25) is 0 Å². The van der Waals surface area contributed by atoms with Gasteiger partial charge in [0.05, 0.1) is 22.0 Å². The van der Waals surface area contributed by atoms with Crippen LogP contribution in [0.15, 0.2) is 35.0 Å². The molecule has 0 saturated carbocycles. The van der Waals surface area contributed by atoms with Crippen LogP contribution in [0, 0.1) is 0 Å². The van der Waals surface area contributed by atoms with Crippen molar-refractivity contribution < 1.29 is 13.2 Å². The van der Waals surface area contributed by atoms with Gasteiger partial charge in [0, 0.05) is 23.1 Å². The third kappa shape index (κ3) is 2.48. The van der Waals surface area contributed by atoms with Crippen LogP contribution < -0.4 is 5.32 Å². The molecule has 3 aromatic rings. The summed E-state index contributed by atoms with van der Waals surface area (Å²) in [6.45, 7) is 0.723. The Morgan fingerprint density at radius 3 is 2.79 bits per heavy atom. The van der Waals surface area contributed by atoms with E-state index >= 15 is 0 Å². The van der Waals surface area contributed by atoms with Gasteiger partial charge in [-0.1, -0.05) is 11.6 Å². The molecule has 3 nitrogen and oxygen atoms in total. The van der Waals surface area contributed by atoms with E-state index in [1.54, 1.807) is 11.3 Å². The largest absolute Gasteiger partial charge is 0.416 e. The van der Waals surface area contributed by atoms with Gasteiger partial charge >= 0.3 is 6.18 Å². The van der Waals surface area contributed by atoms with Crippen molar-refractivity contribution in [1.29, 1.82) is 0 Å². The van der Waals surface area contributed by atoms with Gasteiger partial charge in [0.1, 0.15) is 5.82 Å². The zero-order valence-electron chi connectivity index (χ0n) is 12.2. The highest BCUT2D eigenvalue weighted by Gasteiger charge is 2.32. The van der Waals surface area contributed by atoms with E-state index in [0.717, 1.165) is 41.9 Å². The van der Waals surface area contributed by atoms with E-state index in [1.165, 1.54) is 10.7 Å². The summed E-state index contributed by atoms with van der Waals surface area (Å²) in [6.07, 6.45) is -3.66. The highest BCUT2D eigenvalue weighted by Crippen LogP contribution is 2.38. The van der Waals surface area contributed by atoms with Crippen LogP contribution in [-0.4, -0.2) is 16.3 Å². The first-order chi connectivity index (χ1) is 11.4. The Labute approximate surface area is 144 Å².